The molecule has 0 spiro atoms. The fourth-order valence-corrected chi connectivity index (χ4v) is 1.45. The molecule has 0 atom stereocenters. The summed E-state index contributed by atoms with van der Waals surface area (Å²) < 4.78 is 10.6. The average molecular weight is 324 g/mol. The molecular formula is C9H8Br2O3. The Morgan fingerprint density at radius 3 is 2.71 bits per heavy atom. The van der Waals surface area contributed by atoms with Crippen molar-refractivity contribution in [2.75, 3.05) is 7.11 Å². The maximum Gasteiger partial charge on any atom is 0.341 e. The lowest BCUT2D eigenvalue weighted by atomic mass is 10.2. The van der Waals surface area contributed by atoms with E-state index in [9.17, 15) is 4.79 Å². The van der Waals surface area contributed by atoms with Crippen LogP contribution in [0.25, 0.3) is 6.08 Å². The van der Waals surface area contributed by atoms with Gasteiger partial charge in [0.05, 0.1) is 10.5 Å². The van der Waals surface area contributed by atoms with Gasteiger partial charge in [0.25, 0.3) is 0 Å². The van der Waals surface area contributed by atoms with Crippen molar-refractivity contribution in [1.82, 2.24) is 0 Å². The Morgan fingerprint density at radius 1 is 1.57 bits per heavy atom. The van der Waals surface area contributed by atoms with Crippen LogP contribution in [-0.2, 0) is 4.74 Å². The van der Waals surface area contributed by atoms with Crippen LogP contribution in [0.3, 0.4) is 0 Å². The third-order valence-electron chi connectivity index (χ3n) is 1.59. The molecule has 0 aromatic carbocycles. The van der Waals surface area contributed by atoms with Crippen molar-refractivity contribution in [2.45, 2.75) is 6.92 Å². The van der Waals surface area contributed by atoms with E-state index >= 15 is 0 Å². The summed E-state index contributed by atoms with van der Waals surface area (Å²) in [5.74, 6) is 0.743. The van der Waals surface area contributed by atoms with Crippen LogP contribution in [-0.4, -0.2) is 13.1 Å². The Bertz CT molecular complexity index is 375. The first-order valence-electron chi connectivity index (χ1n) is 3.76. The van der Waals surface area contributed by atoms with E-state index in [2.05, 4.69) is 36.6 Å². The van der Waals surface area contributed by atoms with Crippen molar-refractivity contribution in [3.8, 4) is 0 Å². The second kappa shape index (κ2) is 4.79. The number of rotatable bonds is 2. The predicted octanol–water partition coefficient (Wildman–Crippen LogP) is 3.46. The number of halogens is 2. The van der Waals surface area contributed by atoms with Gasteiger partial charge in [-0.15, -0.1) is 0 Å². The molecule has 0 saturated carbocycles. The van der Waals surface area contributed by atoms with Crippen molar-refractivity contribution >= 4 is 43.9 Å². The Balaban J connectivity index is 3.05. The number of hydrogen-bond acceptors (Lipinski definition) is 3. The standard InChI is InChI=1S/C9H8Br2O3/c1-5-7(9(12)13-2)3-6(14-5)4-8(10)11/h3-4H,1-2H3. The van der Waals surface area contributed by atoms with Gasteiger partial charge >= 0.3 is 5.97 Å². The van der Waals surface area contributed by atoms with E-state index in [0.717, 1.165) is 3.39 Å². The number of hydrogen-bond donors (Lipinski definition) is 0. The first-order valence-corrected chi connectivity index (χ1v) is 5.34. The van der Waals surface area contributed by atoms with Gasteiger partial charge in [-0.05, 0) is 44.8 Å². The maximum atomic E-state index is 11.2. The largest absolute Gasteiger partial charge is 0.465 e. The predicted molar refractivity (Wildman–Crippen MR) is 60.6 cm³/mol. The highest BCUT2D eigenvalue weighted by atomic mass is 79.9. The number of carbonyl (C=O) groups is 1. The van der Waals surface area contributed by atoms with Gasteiger partial charge in [0.15, 0.2) is 0 Å². The first kappa shape index (κ1) is 11.5. The number of aryl methyl sites for hydroxylation is 1. The molecule has 0 unspecified atom stereocenters. The molecule has 0 aliphatic carbocycles. The molecule has 0 radical (unpaired) electrons. The summed E-state index contributed by atoms with van der Waals surface area (Å²) in [4.78, 5) is 11.2. The van der Waals surface area contributed by atoms with Gasteiger partial charge in [-0.3, -0.25) is 0 Å². The highest BCUT2D eigenvalue weighted by Crippen LogP contribution is 2.22. The monoisotopic (exact) mass is 322 g/mol. The topological polar surface area (TPSA) is 39.4 Å². The zero-order valence-corrected chi connectivity index (χ0v) is 10.8. The van der Waals surface area contributed by atoms with E-state index in [0.29, 0.717) is 17.1 Å². The highest BCUT2D eigenvalue weighted by Gasteiger charge is 2.14. The van der Waals surface area contributed by atoms with Crippen LogP contribution in [0.1, 0.15) is 21.9 Å². The number of furan rings is 1. The second-order valence-corrected chi connectivity index (χ2v) is 5.32. The molecule has 0 amide bonds. The maximum absolute atomic E-state index is 11.2. The average Bonchev–Trinajstić information content (AvgIpc) is 2.44. The Kier molecular flexibility index (Phi) is 3.95. The van der Waals surface area contributed by atoms with E-state index in [-0.39, 0.29) is 0 Å². The molecule has 14 heavy (non-hydrogen) atoms. The molecule has 0 N–H and O–H groups in total. The van der Waals surface area contributed by atoms with E-state index in [1.54, 1.807) is 19.1 Å². The molecule has 76 valence electrons. The fourth-order valence-electron chi connectivity index (χ4n) is 0.996. The van der Waals surface area contributed by atoms with Crippen molar-refractivity contribution in [3.05, 3.63) is 26.5 Å². The van der Waals surface area contributed by atoms with Crippen molar-refractivity contribution < 1.29 is 13.9 Å². The van der Waals surface area contributed by atoms with Crippen LogP contribution < -0.4 is 0 Å². The van der Waals surface area contributed by atoms with E-state index in [4.69, 9.17) is 4.42 Å². The van der Waals surface area contributed by atoms with Crippen LogP contribution in [0.15, 0.2) is 13.9 Å². The summed E-state index contributed by atoms with van der Waals surface area (Å²) in [6.45, 7) is 1.71. The minimum Gasteiger partial charge on any atom is -0.465 e. The minimum atomic E-state index is -0.392. The van der Waals surface area contributed by atoms with Crippen molar-refractivity contribution in [3.63, 3.8) is 0 Å². The molecule has 1 heterocycles. The lowest BCUT2D eigenvalue weighted by molar-refractivity contribution is 0.0599. The molecule has 0 bridgehead atoms. The summed E-state index contributed by atoms with van der Waals surface area (Å²) in [7, 11) is 1.34. The van der Waals surface area contributed by atoms with Gasteiger partial charge < -0.3 is 9.15 Å². The smallest absolute Gasteiger partial charge is 0.341 e. The highest BCUT2D eigenvalue weighted by molar-refractivity contribution is 9.28. The van der Waals surface area contributed by atoms with Crippen LogP contribution in [0.4, 0.5) is 0 Å². The normalized spacial score (nSPS) is 9.71. The third-order valence-corrected chi connectivity index (χ3v) is 2.05. The van der Waals surface area contributed by atoms with Crippen LogP contribution in [0, 0.1) is 6.92 Å². The Hall–Kier alpha value is -0.550. The summed E-state index contributed by atoms with van der Waals surface area (Å²) in [6.07, 6.45) is 1.71. The number of ether oxygens (including phenoxy) is 1. The van der Waals surface area contributed by atoms with Gasteiger partial charge in [-0.25, -0.2) is 4.79 Å². The molecular weight excluding hydrogens is 316 g/mol. The van der Waals surface area contributed by atoms with Gasteiger partial charge in [-0.1, -0.05) is 0 Å². The molecule has 0 aliphatic rings. The molecule has 0 aliphatic heterocycles. The van der Waals surface area contributed by atoms with E-state index in [1.807, 2.05) is 0 Å². The first-order chi connectivity index (χ1) is 6.54. The lowest BCUT2D eigenvalue weighted by Gasteiger charge is -1.93. The van der Waals surface area contributed by atoms with Gasteiger partial charge in [0.2, 0.25) is 0 Å². The summed E-state index contributed by atoms with van der Waals surface area (Å²) in [6, 6.07) is 1.63. The second-order valence-electron chi connectivity index (χ2n) is 2.54. The van der Waals surface area contributed by atoms with E-state index < -0.39 is 5.97 Å². The third kappa shape index (κ3) is 2.72. The SMILES string of the molecule is COC(=O)c1cc(C=C(Br)Br)oc1C. The number of methoxy groups -OCH3 is 1. The van der Waals surface area contributed by atoms with Gasteiger partial charge in [-0.2, -0.15) is 0 Å². The number of carbonyl (C=O) groups excluding carboxylic acids is 1. The van der Waals surface area contributed by atoms with Crippen molar-refractivity contribution in [2.24, 2.45) is 0 Å². The molecule has 1 rings (SSSR count). The Morgan fingerprint density at radius 2 is 2.21 bits per heavy atom. The zero-order chi connectivity index (χ0) is 10.7. The fraction of sp³-hybridized carbons (Fsp3) is 0.222. The summed E-state index contributed by atoms with van der Waals surface area (Å²) >= 11 is 6.40. The van der Waals surface area contributed by atoms with Crippen LogP contribution in [0.2, 0.25) is 0 Å². The molecule has 0 fully saturated rings. The minimum absolute atomic E-state index is 0.392. The molecule has 3 nitrogen and oxygen atoms in total. The summed E-state index contributed by atoms with van der Waals surface area (Å²) in [5.41, 5.74) is 0.444. The molecule has 1 aromatic rings. The van der Waals surface area contributed by atoms with Gasteiger partial charge in [0, 0.05) is 6.08 Å². The zero-order valence-electron chi connectivity index (χ0n) is 7.64. The molecule has 5 heteroatoms. The number of esters is 1. The Labute approximate surface area is 98.4 Å². The van der Waals surface area contributed by atoms with Crippen LogP contribution in [0.5, 0.6) is 0 Å². The quantitative estimate of drug-likeness (QED) is 0.782. The molecule has 1 aromatic heterocycles. The van der Waals surface area contributed by atoms with Gasteiger partial charge in [0.1, 0.15) is 17.1 Å². The van der Waals surface area contributed by atoms with Crippen molar-refractivity contribution in [1.29, 1.82) is 0 Å². The molecule has 0 saturated heterocycles. The lowest BCUT2D eigenvalue weighted by Crippen LogP contribution is -2.00. The summed E-state index contributed by atoms with van der Waals surface area (Å²) in [5, 5.41) is 0. The van der Waals surface area contributed by atoms with Crippen LogP contribution >= 0.6 is 31.9 Å². The van der Waals surface area contributed by atoms with E-state index in [1.165, 1.54) is 7.11 Å².